The Morgan fingerprint density at radius 2 is 2.00 bits per heavy atom. The van der Waals surface area contributed by atoms with Crippen molar-refractivity contribution in [2.24, 2.45) is 21.7 Å². The van der Waals surface area contributed by atoms with Crippen molar-refractivity contribution in [2.45, 2.75) is 0 Å². The maximum Gasteiger partial charge on any atom is 0.263 e. The van der Waals surface area contributed by atoms with E-state index in [2.05, 4.69) is 20.5 Å². The third-order valence-electron chi connectivity index (χ3n) is 2.56. The first kappa shape index (κ1) is 16.0. The minimum atomic E-state index is -0.290. The number of carbonyl (C=O) groups is 1. The number of aromatic nitrogens is 1. The predicted molar refractivity (Wildman–Crippen MR) is 88.2 cm³/mol. The molecule has 1 aromatic heterocycles. The molecule has 0 atom stereocenters. The number of hydrogen-bond donors (Lipinski definition) is 3. The van der Waals surface area contributed by atoms with E-state index in [-0.39, 0.29) is 18.5 Å². The van der Waals surface area contributed by atoms with Gasteiger partial charge in [0.2, 0.25) is 5.96 Å². The topological polar surface area (TPSA) is 128 Å². The monoisotopic (exact) mass is 312 g/mol. The summed E-state index contributed by atoms with van der Waals surface area (Å²) in [7, 11) is 0. The summed E-state index contributed by atoms with van der Waals surface area (Å²) in [5, 5.41) is 9.81. The largest absolute Gasteiger partial charge is 0.484 e. The lowest BCUT2D eigenvalue weighted by molar-refractivity contribution is -0.118. The quantitative estimate of drug-likeness (QED) is 0.411. The van der Waals surface area contributed by atoms with Gasteiger partial charge in [0.05, 0.1) is 6.21 Å². The minimum absolute atomic E-state index is 0.111. The van der Waals surface area contributed by atoms with E-state index < -0.39 is 0 Å². The molecule has 0 spiro atoms. The minimum Gasteiger partial charge on any atom is -0.484 e. The van der Waals surface area contributed by atoms with Crippen LogP contribution in [0, 0.1) is 0 Å². The van der Waals surface area contributed by atoms with Gasteiger partial charge in [-0.1, -0.05) is 6.07 Å². The Hall–Kier alpha value is -3.42. The van der Waals surface area contributed by atoms with E-state index in [0.717, 1.165) is 5.56 Å². The van der Waals surface area contributed by atoms with Crippen LogP contribution < -0.4 is 21.5 Å². The summed E-state index contributed by atoms with van der Waals surface area (Å²) < 4.78 is 5.39. The fraction of sp³-hybridized carbons (Fsp3) is 0.0667. The second-order valence-corrected chi connectivity index (χ2v) is 4.39. The summed E-state index contributed by atoms with van der Waals surface area (Å²) in [6.07, 6.45) is 3.09. The SMILES string of the molecule is NC(N)=NN=Cc1ccc(OCC(=O)Nc2ccccn2)cc1. The molecule has 0 saturated carbocycles. The Morgan fingerprint density at radius 3 is 2.65 bits per heavy atom. The zero-order valence-electron chi connectivity index (χ0n) is 12.2. The maximum absolute atomic E-state index is 11.7. The number of ether oxygens (including phenoxy) is 1. The number of pyridine rings is 1. The molecular formula is C15H16N6O2. The van der Waals surface area contributed by atoms with Crippen LogP contribution in [0.15, 0.2) is 58.9 Å². The highest BCUT2D eigenvalue weighted by molar-refractivity contribution is 5.90. The van der Waals surface area contributed by atoms with E-state index in [1.807, 2.05) is 0 Å². The van der Waals surface area contributed by atoms with Gasteiger partial charge < -0.3 is 21.5 Å². The second-order valence-electron chi connectivity index (χ2n) is 4.39. The average Bonchev–Trinajstić information content (AvgIpc) is 2.55. The first-order valence-corrected chi connectivity index (χ1v) is 6.69. The Balaban J connectivity index is 1.83. The number of benzene rings is 1. The molecule has 0 fully saturated rings. The van der Waals surface area contributed by atoms with E-state index >= 15 is 0 Å². The molecule has 8 heteroatoms. The first-order valence-electron chi connectivity index (χ1n) is 6.69. The van der Waals surface area contributed by atoms with Crippen LogP contribution in [0.3, 0.4) is 0 Å². The third kappa shape index (κ3) is 5.84. The summed E-state index contributed by atoms with van der Waals surface area (Å²) in [4.78, 5) is 15.7. The van der Waals surface area contributed by atoms with Crippen LogP contribution in [0.2, 0.25) is 0 Å². The highest BCUT2D eigenvalue weighted by atomic mass is 16.5. The van der Waals surface area contributed by atoms with Crippen molar-refractivity contribution < 1.29 is 9.53 Å². The molecule has 1 amide bonds. The number of guanidine groups is 1. The molecule has 0 radical (unpaired) electrons. The molecule has 0 aliphatic carbocycles. The van der Waals surface area contributed by atoms with Crippen molar-refractivity contribution in [2.75, 3.05) is 11.9 Å². The van der Waals surface area contributed by atoms with Crippen molar-refractivity contribution in [3.05, 3.63) is 54.2 Å². The van der Waals surface area contributed by atoms with Crippen molar-refractivity contribution in [1.82, 2.24) is 4.98 Å². The van der Waals surface area contributed by atoms with Crippen LogP contribution in [0.25, 0.3) is 0 Å². The van der Waals surface area contributed by atoms with Gasteiger partial charge in [0.25, 0.3) is 5.91 Å². The molecule has 8 nitrogen and oxygen atoms in total. The number of rotatable bonds is 6. The second kappa shape index (κ2) is 8.13. The average molecular weight is 312 g/mol. The molecule has 0 aliphatic rings. The van der Waals surface area contributed by atoms with Crippen molar-refractivity contribution in [3.8, 4) is 5.75 Å². The Bertz CT molecular complexity index is 694. The molecule has 2 aromatic rings. The first-order chi connectivity index (χ1) is 11.1. The number of nitrogens with two attached hydrogens (primary N) is 2. The Morgan fingerprint density at radius 1 is 1.22 bits per heavy atom. The molecule has 0 aliphatic heterocycles. The lowest BCUT2D eigenvalue weighted by Gasteiger charge is -2.07. The smallest absolute Gasteiger partial charge is 0.263 e. The number of hydrogen-bond acceptors (Lipinski definition) is 5. The maximum atomic E-state index is 11.7. The van der Waals surface area contributed by atoms with Gasteiger partial charge in [-0.3, -0.25) is 4.79 Å². The molecule has 0 unspecified atom stereocenters. The summed E-state index contributed by atoms with van der Waals surface area (Å²) in [6, 6.07) is 12.2. The number of nitrogens with zero attached hydrogens (tertiary/aromatic N) is 3. The Labute approximate surface area is 132 Å². The Kier molecular flexibility index (Phi) is 5.64. The summed E-state index contributed by atoms with van der Waals surface area (Å²) >= 11 is 0. The van der Waals surface area contributed by atoms with Crippen LogP contribution in [0.5, 0.6) is 5.75 Å². The standard InChI is InChI=1S/C15H16N6O2/c16-15(17)21-19-9-11-4-6-12(7-5-11)23-10-14(22)20-13-3-1-2-8-18-13/h1-9H,10H2,(H4,16,17,21)(H,18,20,22). The van der Waals surface area contributed by atoms with E-state index in [1.54, 1.807) is 48.7 Å². The van der Waals surface area contributed by atoms with Crippen molar-refractivity contribution >= 4 is 23.9 Å². The molecule has 0 bridgehead atoms. The summed E-state index contributed by atoms with van der Waals surface area (Å²) in [6.45, 7) is -0.113. The lowest BCUT2D eigenvalue weighted by Crippen LogP contribution is -2.21. The molecule has 1 aromatic carbocycles. The normalized spacial score (nSPS) is 10.3. The van der Waals surface area contributed by atoms with E-state index in [9.17, 15) is 4.79 Å². The number of amides is 1. The summed E-state index contributed by atoms with van der Waals surface area (Å²) in [5.41, 5.74) is 11.1. The van der Waals surface area contributed by atoms with Crippen LogP contribution in [0.1, 0.15) is 5.56 Å². The molecule has 1 heterocycles. The van der Waals surface area contributed by atoms with Crippen molar-refractivity contribution in [3.63, 3.8) is 0 Å². The molecule has 118 valence electrons. The fourth-order valence-corrected chi connectivity index (χ4v) is 1.58. The van der Waals surface area contributed by atoms with Gasteiger partial charge in [-0.25, -0.2) is 4.98 Å². The number of anilines is 1. The highest BCUT2D eigenvalue weighted by Gasteiger charge is 2.04. The van der Waals surface area contributed by atoms with Gasteiger partial charge >= 0.3 is 0 Å². The van der Waals surface area contributed by atoms with Gasteiger partial charge in [-0.05, 0) is 42.0 Å². The lowest BCUT2D eigenvalue weighted by atomic mass is 10.2. The number of carbonyl (C=O) groups excluding carboxylic acids is 1. The fourth-order valence-electron chi connectivity index (χ4n) is 1.58. The van der Waals surface area contributed by atoms with Gasteiger partial charge in [-0.2, -0.15) is 5.10 Å². The van der Waals surface area contributed by atoms with Crippen LogP contribution >= 0.6 is 0 Å². The zero-order chi connectivity index (χ0) is 16.5. The zero-order valence-corrected chi connectivity index (χ0v) is 12.2. The van der Waals surface area contributed by atoms with E-state index in [4.69, 9.17) is 16.2 Å². The molecule has 23 heavy (non-hydrogen) atoms. The summed E-state index contributed by atoms with van der Waals surface area (Å²) in [5.74, 6) is 0.634. The molecular weight excluding hydrogens is 296 g/mol. The van der Waals surface area contributed by atoms with Crippen molar-refractivity contribution in [1.29, 1.82) is 0 Å². The van der Waals surface area contributed by atoms with Gasteiger partial charge in [-0.15, -0.1) is 5.10 Å². The highest BCUT2D eigenvalue weighted by Crippen LogP contribution is 2.11. The van der Waals surface area contributed by atoms with Gasteiger partial charge in [0.15, 0.2) is 6.61 Å². The molecule has 0 saturated heterocycles. The molecule has 2 rings (SSSR count). The van der Waals surface area contributed by atoms with E-state index in [1.165, 1.54) is 6.21 Å². The predicted octanol–water partition coefficient (Wildman–Crippen LogP) is 0.706. The third-order valence-corrected chi connectivity index (χ3v) is 2.56. The molecule has 5 N–H and O–H groups in total. The van der Waals surface area contributed by atoms with Crippen LogP contribution in [-0.2, 0) is 4.79 Å². The van der Waals surface area contributed by atoms with E-state index in [0.29, 0.717) is 11.6 Å². The van der Waals surface area contributed by atoms with Gasteiger partial charge in [0, 0.05) is 6.20 Å². The van der Waals surface area contributed by atoms with Crippen LogP contribution in [-0.4, -0.2) is 29.7 Å². The van der Waals surface area contributed by atoms with Gasteiger partial charge in [0.1, 0.15) is 11.6 Å². The van der Waals surface area contributed by atoms with Crippen LogP contribution in [0.4, 0.5) is 5.82 Å². The number of nitrogens with one attached hydrogen (secondary N) is 1.